The maximum Gasteiger partial charge on any atom is 0.148 e. The van der Waals surface area contributed by atoms with Crippen LogP contribution < -0.4 is 5.32 Å². The Bertz CT molecular complexity index is 514. The average molecular weight is 291 g/mol. The molecule has 0 radical (unpaired) electrons. The Balaban J connectivity index is 1.88. The Kier molecular flexibility index (Phi) is 5.80. The first-order chi connectivity index (χ1) is 9.79. The van der Waals surface area contributed by atoms with Gasteiger partial charge in [0.15, 0.2) is 0 Å². The molecule has 1 heterocycles. The van der Waals surface area contributed by atoms with Crippen LogP contribution in [0.15, 0.2) is 36.4 Å². The number of benzene rings is 1. The summed E-state index contributed by atoms with van der Waals surface area (Å²) in [6.07, 6.45) is 4.45. The van der Waals surface area contributed by atoms with Crippen LogP contribution in [0, 0.1) is 5.82 Å². The molecule has 0 unspecified atom stereocenters. The zero-order valence-electron chi connectivity index (χ0n) is 11.5. The number of nitrogens with one attached hydrogen (secondary N) is 1. The summed E-state index contributed by atoms with van der Waals surface area (Å²) in [4.78, 5) is 0. The van der Waals surface area contributed by atoms with Gasteiger partial charge in [-0.3, -0.25) is 0 Å². The maximum absolute atomic E-state index is 12.8. The van der Waals surface area contributed by atoms with Crippen molar-refractivity contribution >= 4 is 17.6 Å². The van der Waals surface area contributed by atoms with Crippen LogP contribution in [0.25, 0.3) is 11.3 Å². The van der Waals surface area contributed by atoms with Crippen LogP contribution in [-0.4, -0.2) is 28.8 Å². The molecule has 0 saturated heterocycles. The Hall–Kier alpha value is -1.62. The van der Waals surface area contributed by atoms with Crippen LogP contribution in [0.3, 0.4) is 0 Å². The Morgan fingerprint density at radius 3 is 2.50 bits per heavy atom. The molecule has 106 valence electrons. The van der Waals surface area contributed by atoms with Gasteiger partial charge in [0.1, 0.15) is 11.6 Å². The molecule has 0 amide bonds. The molecular formula is C15H18FN3S. The van der Waals surface area contributed by atoms with E-state index in [2.05, 4.69) is 21.8 Å². The van der Waals surface area contributed by atoms with Crippen LogP contribution in [0.2, 0.25) is 0 Å². The second kappa shape index (κ2) is 7.85. The maximum atomic E-state index is 12.8. The molecule has 1 N–H and O–H groups in total. The smallest absolute Gasteiger partial charge is 0.148 e. The number of anilines is 1. The third-order valence-electron chi connectivity index (χ3n) is 2.89. The molecule has 1 aromatic heterocycles. The molecule has 2 aromatic rings. The molecule has 0 spiro atoms. The van der Waals surface area contributed by atoms with Crippen LogP contribution in [0.5, 0.6) is 0 Å². The van der Waals surface area contributed by atoms with Crippen molar-refractivity contribution < 1.29 is 4.39 Å². The van der Waals surface area contributed by atoms with Gasteiger partial charge in [-0.15, -0.1) is 10.2 Å². The minimum atomic E-state index is -0.245. The lowest BCUT2D eigenvalue weighted by Crippen LogP contribution is -2.04. The monoisotopic (exact) mass is 291 g/mol. The van der Waals surface area contributed by atoms with E-state index in [1.807, 2.05) is 23.9 Å². The summed E-state index contributed by atoms with van der Waals surface area (Å²) in [5.41, 5.74) is 1.61. The third kappa shape index (κ3) is 4.49. The van der Waals surface area contributed by atoms with Gasteiger partial charge in [0, 0.05) is 12.1 Å². The summed E-state index contributed by atoms with van der Waals surface area (Å²) in [6, 6.07) is 10.1. The normalized spacial score (nSPS) is 10.5. The number of hydrogen-bond acceptors (Lipinski definition) is 4. The molecule has 0 saturated carbocycles. The predicted octanol–water partition coefficient (Wildman–Crippen LogP) is 3.84. The fourth-order valence-electron chi connectivity index (χ4n) is 1.79. The Morgan fingerprint density at radius 2 is 1.85 bits per heavy atom. The van der Waals surface area contributed by atoms with Gasteiger partial charge < -0.3 is 5.32 Å². The minimum absolute atomic E-state index is 0.245. The van der Waals surface area contributed by atoms with Crippen LogP contribution in [0.1, 0.15) is 12.8 Å². The first-order valence-corrected chi connectivity index (χ1v) is 8.01. The van der Waals surface area contributed by atoms with Crippen molar-refractivity contribution in [2.24, 2.45) is 0 Å². The highest BCUT2D eigenvalue weighted by Crippen LogP contribution is 2.17. The lowest BCUT2D eigenvalue weighted by atomic mass is 10.1. The van der Waals surface area contributed by atoms with Crippen molar-refractivity contribution in [2.45, 2.75) is 12.8 Å². The highest BCUT2D eigenvalue weighted by Gasteiger charge is 2.01. The second-order valence-corrected chi connectivity index (χ2v) is 5.42. The Labute approximate surface area is 123 Å². The van der Waals surface area contributed by atoms with Crippen molar-refractivity contribution in [2.75, 3.05) is 23.9 Å². The second-order valence-electron chi connectivity index (χ2n) is 4.44. The first kappa shape index (κ1) is 14.8. The lowest BCUT2D eigenvalue weighted by molar-refractivity contribution is 0.628. The van der Waals surface area contributed by atoms with Crippen molar-refractivity contribution in [3.05, 3.63) is 42.2 Å². The fourth-order valence-corrected chi connectivity index (χ4v) is 2.28. The SMILES string of the molecule is CSCCCCNc1ccc(-c2ccc(F)cc2)nn1. The molecule has 0 aliphatic rings. The van der Waals surface area contributed by atoms with Crippen molar-refractivity contribution in [3.63, 3.8) is 0 Å². The van der Waals surface area contributed by atoms with Crippen molar-refractivity contribution in [1.82, 2.24) is 10.2 Å². The zero-order chi connectivity index (χ0) is 14.2. The van der Waals surface area contributed by atoms with Gasteiger partial charge in [0.25, 0.3) is 0 Å². The van der Waals surface area contributed by atoms with E-state index in [1.54, 1.807) is 12.1 Å². The molecule has 5 heteroatoms. The van der Waals surface area contributed by atoms with E-state index in [0.717, 1.165) is 30.0 Å². The number of aromatic nitrogens is 2. The van der Waals surface area contributed by atoms with E-state index in [9.17, 15) is 4.39 Å². The van der Waals surface area contributed by atoms with Crippen LogP contribution in [0.4, 0.5) is 10.2 Å². The quantitative estimate of drug-likeness (QED) is 0.787. The van der Waals surface area contributed by atoms with Gasteiger partial charge in [-0.05, 0) is 61.2 Å². The molecule has 0 atom stereocenters. The average Bonchev–Trinajstić information content (AvgIpc) is 2.49. The lowest BCUT2D eigenvalue weighted by Gasteiger charge is -2.05. The van der Waals surface area contributed by atoms with Gasteiger partial charge in [0.05, 0.1) is 5.69 Å². The molecule has 0 bridgehead atoms. The Morgan fingerprint density at radius 1 is 1.05 bits per heavy atom. The first-order valence-electron chi connectivity index (χ1n) is 6.62. The summed E-state index contributed by atoms with van der Waals surface area (Å²) in [6.45, 7) is 0.908. The fraction of sp³-hybridized carbons (Fsp3) is 0.333. The molecular weight excluding hydrogens is 273 g/mol. The van der Waals surface area contributed by atoms with Gasteiger partial charge in [-0.25, -0.2) is 4.39 Å². The number of nitrogens with zero attached hydrogens (tertiary/aromatic N) is 2. The molecule has 0 aliphatic heterocycles. The number of halogens is 1. The standard InChI is InChI=1S/C15H18FN3S/c1-20-11-3-2-10-17-15-9-8-14(18-19-15)12-4-6-13(16)7-5-12/h4-9H,2-3,10-11H2,1H3,(H,17,19). The van der Waals surface area contributed by atoms with Gasteiger partial charge >= 0.3 is 0 Å². The summed E-state index contributed by atoms with van der Waals surface area (Å²) < 4.78 is 12.8. The molecule has 20 heavy (non-hydrogen) atoms. The van der Waals surface area contributed by atoms with Gasteiger partial charge in [0.2, 0.25) is 0 Å². The van der Waals surface area contributed by atoms with Gasteiger partial charge in [-0.2, -0.15) is 11.8 Å². The molecule has 2 rings (SSSR count). The number of unbranched alkanes of at least 4 members (excludes halogenated alkanes) is 1. The molecule has 1 aromatic carbocycles. The topological polar surface area (TPSA) is 37.8 Å². The minimum Gasteiger partial charge on any atom is -0.369 e. The van der Waals surface area contributed by atoms with E-state index >= 15 is 0 Å². The van der Waals surface area contributed by atoms with Crippen molar-refractivity contribution in [3.8, 4) is 11.3 Å². The molecule has 3 nitrogen and oxygen atoms in total. The molecule has 0 fully saturated rings. The van der Waals surface area contributed by atoms with E-state index in [0.29, 0.717) is 0 Å². The molecule has 0 aliphatic carbocycles. The summed E-state index contributed by atoms with van der Waals surface area (Å²) >= 11 is 1.87. The van der Waals surface area contributed by atoms with Crippen LogP contribution >= 0.6 is 11.8 Å². The van der Waals surface area contributed by atoms with E-state index in [-0.39, 0.29) is 5.82 Å². The zero-order valence-corrected chi connectivity index (χ0v) is 12.3. The number of thioether (sulfide) groups is 1. The predicted molar refractivity (Wildman–Crippen MR) is 83.5 cm³/mol. The summed E-state index contributed by atoms with van der Waals surface area (Å²) in [5, 5.41) is 11.5. The van der Waals surface area contributed by atoms with E-state index in [4.69, 9.17) is 0 Å². The van der Waals surface area contributed by atoms with Crippen molar-refractivity contribution in [1.29, 1.82) is 0 Å². The van der Waals surface area contributed by atoms with Gasteiger partial charge in [-0.1, -0.05) is 0 Å². The van der Waals surface area contributed by atoms with E-state index < -0.39 is 0 Å². The summed E-state index contributed by atoms with van der Waals surface area (Å²) in [7, 11) is 0. The third-order valence-corrected chi connectivity index (χ3v) is 3.58. The number of rotatable bonds is 7. The van der Waals surface area contributed by atoms with Crippen LogP contribution in [-0.2, 0) is 0 Å². The highest BCUT2D eigenvalue weighted by molar-refractivity contribution is 7.98. The number of hydrogen-bond donors (Lipinski definition) is 1. The highest BCUT2D eigenvalue weighted by atomic mass is 32.2. The largest absolute Gasteiger partial charge is 0.369 e. The van der Waals surface area contributed by atoms with E-state index in [1.165, 1.54) is 24.3 Å². The summed E-state index contributed by atoms with van der Waals surface area (Å²) in [5.74, 6) is 1.72.